The van der Waals surface area contributed by atoms with Crippen molar-refractivity contribution in [2.75, 3.05) is 45.5 Å². The van der Waals surface area contributed by atoms with Gasteiger partial charge in [0.15, 0.2) is 0 Å². The van der Waals surface area contributed by atoms with Crippen LogP contribution in [-0.2, 0) is 26.2 Å². The lowest BCUT2D eigenvalue weighted by Crippen LogP contribution is -2.40. The van der Waals surface area contributed by atoms with E-state index in [9.17, 15) is 22.4 Å². The van der Waals surface area contributed by atoms with Crippen LogP contribution in [0.15, 0.2) is 24.3 Å². The number of likely N-dealkylation sites (tertiary alicyclic amines) is 1. The minimum Gasteiger partial charge on any atom is -0.356 e. The summed E-state index contributed by atoms with van der Waals surface area (Å²) in [5.74, 6) is -0.274. The third-order valence-electron chi connectivity index (χ3n) is 6.79. The fraction of sp³-hybridized carbons (Fsp3) is 0.667. The molecule has 1 aromatic rings. The van der Waals surface area contributed by atoms with Gasteiger partial charge in [0.05, 0.1) is 6.26 Å². The molecule has 2 heterocycles. The molecule has 3 rings (SSSR count). The van der Waals surface area contributed by atoms with Crippen molar-refractivity contribution in [2.45, 2.75) is 45.1 Å². The molecule has 0 radical (unpaired) electrons. The molecule has 1 unspecified atom stereocenters. The summed E-state index contributed by atoms with van der Waals surface area (Å²) >= 11 is 0. The van der Waals surface area contributed by atoms with Gasteiger partial charge in [0, 0.05) is 45.1 Å². The molecule has 1 aromatic carbocycles. The van der Waals surface area contributed by atoms with Crippen molar-refractivity contribution < 1.29 is 22.4 Å². The second-order valence-corrected chi connectivity index (χ2v) is 11.5. The lowest BCUT2D eigenvalue weighted by Gasteiger charge is -2.32. The van der Waals surface area contributed by atoms with Gasteiger partial charge in [0.25, 0.3) is 0 Å². The van der Waals surface area contributed by atoms with Crippen LogP contribution >= 0.6 is 0 Å². The molecule has 1 atom stereocenters. The molecule has 0 spiro atoms. The number of rotatable bonds is 6. The van der Waals surface area contributed by atoms with Gasteiger partial charge in [-0.15, -0.1) is 0 Å². The second kappa shape index (κ2) is 12.6. The number of halogens is 1. The summed E-state index contributed by atoms with van der Waals surface area (Å²) in [6.45, 7) is 4.21. The monoisotopic (exact) mass is 496 g/mol. The molecule has 2 fully saturated rings. The molecule has 2 saturated heterocycles. The fourth-order valence-electron chi connectivity index (χ4n) is 4.65. The van der Waals surface area contributed by atoms with Gasteiger partial charge in [-0.3, -0.25) is 14.5 Å². The number of carbonyl (C=O) groups excluding carboxylic acids is 2. The van der Waals surface area contributed by atoms with E-state index in [2.05, 4.69) is 15.5 Å². The van der Waals surface area contributed by atoms with Crippen LogP contribution in [0.4, 0.5) is 4.39 Å². The standard InChI is InChI=1S/C24H37FN4O4S/c1-34(32,33)29-13-2-3-21(8-12-26-23(30)11-16-29)24(31)27-17-19-9-14-28(15-10-19)18-20-4-6-22(25)7-5-20/h4-7,19,21H,2-3,8-18H2,1H3,(H,26,30)(H,27,31). The van der Waals surface area contributed by atoms with Crippen LogP contribution in [0.5, 0.6) is 0 Å². The van der Waals surface area contributed by atoms with E-state index in [-0.39, 0.29) is 36.5 Å². The number of piperidine rings is 1. The van der Waals surface area contributed by atoms with E-state index in [1.165, 1.54) is 16.4 Å². The molecule has 2 N–H and O–H groups in total. The number of nitrogens with zero attached hydrogens (tertiary/aromatic N) is 2. The number of carbonyl (C=O) groups is 2. The molecule has 190 valence electrons. The number of hydrogen-bond acceptors (Lipinski definition) is 5. The Hall–Kier alpha value is -2.04. The minimum absolute atomic E-state index is 0.0202. The highest BCUT2D eigenvalue weighted by molar-refractivity contribution is 7.88. The maximum atomic E-state index is 13.1. The average Bonchev–Trinajstić information content (AvgIpc) is 2.84. The van der Waals surface area contributed by atoms with Crippen LogP contribution in [0.1, 0.15) is 44.1 Å². The Morgan fingerprint density at radius 2 is 1.79 bits per heavy atom. The van der Waals surface area contributed by atoms with Crippen LogP contribution in [0, 0.1) is 17.7 Å². The summed E-state index contributed by atoms with van der Waals surface area (Å²) < 4.78 is 38.4. The summed E-state index contributed by atoms with van der Waals surface area (Å²) in [6.07, 6.45) is 4.98. The Morgan fingerprint density at radius 1 is 1.09 bits per heavy atom. The van der Waals surface area contributed by atoms with Crippen molar-refractivity contribution in [1.29, 1.82) is 0 Å². The minimum atomic E-state index is -3.39. The molecule has 34 heavy (non-hydrogen) atoms. The number of amides is 2. The lowest BCUT2D eigenvalue weighted by atomic mass is 9.94. The van der Waals surface area contributed by atoms with Crippen LogP contribution in [-0.4, -0.2) is 75.0 Å². The van der Waals surface area contributed by atoms with E-state index in [1.54, 1.807) is 0 Å². The molecule has 2 aliphatic rings. The second-order valence-electron chi connectivity index (χ2n) is 9.48. The van der Waals surface area contributed by atoms with Gasteiger partial charge in [-0.1, -0.05) is 12.1 Å². The SMILES string of the molecule is CS(=O)(=O)N1CCCC(C(=O)NCC2CCN(Cc3ccc(F)cc3)CC2)CCNC(=O)CC1. The van der Waals surface area contributed by atoms with Crippen molar-refractivity contribution >= 4 is 21.8 Å². The molecule has 0 aliphatic carbocycles. The lowest BCUT2D eigenvalue weighted by molar-refractivity contribution is -0.126. The quantitative estimate of drug-likeness (QED) is 0.625. The van der Waals surface area contributed by atoms with E-state index in [0.29, 0.717) is 44.8 Å². The first-order valence-electron chi connectivity index (χ1n) is 12.2. The Labute approximate surface area is 202 Å². The summed E-state index contributed by atoms with van der Waals surface area (Å²) in [6, 6.07) is 6.62. The van der Waals surface area contributed by atoms with Crippen molar-refractivity contribution in [2.24, 2.45) is 11.8 Å². The molecule has 0 aromatic heterocycles. The molecule has 2 aliphatic heterocycles. The van der Waals surface area contributed by atoms with Crippen molar-refractivity contribution in [1.82, 2.24) is 19.8 Å². The number of benzene rings is 1. The highest BCUT2D eigenvalue weighted by Crippen LogP contribution is 2.20. The average molecular weight is 497 g/mol. The van der Waals surface area contributed by atoms with E-state index in [0.717, 1.165) is 44.3 Å². The third kappa shape index (κ3) is 8.63. The number of nitrogens with one attached hydrogen (secondary N) is 2. The molecule has 8 nitrogen and oxygen atoms in total. The Bertz CT molecular complexity index is 917. The van der Waals surface area contributed by atoms with Crippen LogP contribution in [0.25, 0.3) is 0 Å². The van der Waals surface area contributed by atoms with Gasteiger partial charge < -0.3 is 10.6 Å². The van der Waals surface area contributed by atoms with Crippen LogP contribution < -0.4 is 10.6 Å². The van der Waals surface area contributed by atoms with E-state index in [1.807, 2.05) is 12.1 Å². The molecule has 0 saturated carbocycles. The predicted octanol–water partition coefficient (Wildman–Crippen LogP) is 1.72. The van der Waals surface area contributed by atoms with Crippen molar-refractivity contribution in [3.8, 4) is 0 Å². The first kappa shape index (κ1) is 26.6. The van der Waals surface area contributed by atoms with Gasteiger partial charge in [0.2, 0.25) is 21.8 Å². The normalized spacial score (nSPS) is 22.5. The zero-order chi connectivity index (χ0) is 24.6. The summed E-state index contributed by atoms with van der Waals surface area (Å²) in [7, 11) is -3.39. The Morgan fingerprint density at radius 3 is 2.47 bits per heavy atom. The first-order chi connectivity index (χ1) is 16.2. The van der Waals surface area contributed by atoms with Gasteiger partial charge in [-0.25, -0.2) is 17.1 Å². The zero-order valence-electron chi connectivity index (χ0n) is 20.0. The van der Waals surface area contributed by atoms with E-state index >= 15 is 0 Å². The van der Waals surface area contributed by atoms with Crippen LogP contribution in [0.2, 0.25) is 0 Å². The largest absolute Gasteiger partial charge is 0.356 e. The van der Waals surface area contributed by atoms with Crippen molar-refractivity contribution in [3.05, 3.63) is 35.6 Å². The molecule has 10 heteroatoms. The highest BCUT2D eigenvalue weighted by Gasteiger charge is 2.25. The van der Waals surface area contributed by atoms with Gasteiger partial charge in [-0.05, 0) is 68.8 Å². The third-order valence-corrected chi connectivity index (χ3v) is 8.10. The highest BCUT2D eigenvalue weighted by atomic mass is 32.2. The summed E-state index contributed by atoms with van der Waals surface area (Å²) in [5.41, 5.74) is 1.10. The Kier molecular flexibility index (Phi) is 9.85. The maximum absolute atomic E-state index is 13.1. The van der Waals surface area contributed by atoms with Gasteiger partial charge in [0.1, 0.15) is 5.82 Å². The van der Waals surface area contributed by atoms with Crippen LogP contribution in [0.3, 0.4) is 0 Å². The van der Waals surface area contributed by atoms with Gasteiger partial charge in [-0.2, -0.15) is 0 Å². The molecule has 2 amide bonds. The predicted molar refractivity (Wildman–Crippen MR) is 129 cm³/mol. The number of hydrogen-bond donors (Lipinski definition) is 2. The maximum Gasteiger partial charge on any atom is 0.223 e. The zero-order valence-corrected chi connectivity index (χ0v) is 20.8. The summed E-state index contributed by atoms with van der Waals surface area (Å²) in [4.78, 5) is 27.2. The topological polar surface area (TPSA) is 98.8 Å². The van der Waals surface area contributed by atoms with E-state index < -0.39 is 10.0 Å². The van der Waals surface area contributed by atoms with E-state index in [4.69, 9.17) is 0 Å². The van der Waals surface area contributed by atoms with Gasteiger partial charge >= 0.3 is 0 Å². The molecular weight excluding hydrogens is 459 g/mol. The first-order valence-corrected chi connectivity index (χ1v) is 14.0. The Balaban J connectivity index is 1.44. The molecular formula is C24H37FN4O4S. The van der Waals surface area contributed by atoms with Crippen molar-refractivity contribution in [3.63, 3.8) is 0 Å². The smallest absolute Gasteiger partial charge is 0.223 e. The fourth-order valence-corrected chi connectivity index (χ4v) is 5.53. The summed E-state index contributed by atoms with van der Waals surface area (Å²) in [5, 5.41) is 5.91. The number of sulfonamides is 1. The molecule has 0 bridgehead atoms.